The number of pyridine rings is 1. The van der Waals surface area contributed by atoms with Gasteiger partial charge in [0, 0.05) is 53.5 Å². The second-order valence-electron chi connectivity index (χ2n) is 8.35. The molecule has 182 valence electrons. The van der Waals surface area contributed by atoms with Crippen LogP contribution in [0.15, 0.2) is 79.6 Å². The Hall–Kier alpha value is -4.34. The topological polar surface area (TPSA) is 112 Å². The number of benzene rings is 2. The molecule has 0 radical (unpaired) electrons. The summed E-state index contributed by atoms with van der Waals surface area (Å²) < 4.78 is 5.54. The number of fused-ring (bicyclic) bond motifs is 1. The summed E-state index contributed by atoms with van der Waals surface area (Å²) in [5.74, 6) is 0.178. The zero-order chi connectivity index (χ0) is 24.9. The minimum atomic E-state index is -0.285. The van der Waals surface area contributed by atoms with Crippen LogP contribution in [0.2, 0.25) is 0 Å². The van der Waals surface area contributed by atoms with Crippen molar-refractivity contribution < 1.29 is 14.6 Å². The second kappa shape index (κ2) is 10.5. The number of hydrogen-bond donors (Lipinski definition) is 3. The van der Waals surface area contributed by atoms with Crippen LogP contribution in [0.5, 0.6) is 0 Å². The summed E-state index contributed by atoms with van der Waals surface area (Å²) >= 11 is 0. The number of aromatic nitrogens is 3. The summed E-state index contributed by atoms with van der Waals surface area (Å²) in [6.07, 6.45) is 4.48. The summed E-state index contributed by atoms with van der Waals surface area (Å²) in [5.41, 5.74) is 4.81. The lowest BCUT2D eigenvalue weighted by Gasteiger charge is -2.33. The van der Waals surface area contributed by atoms with Crippen molar-refractivity contribution in [2.45, 2.75) is 6.10 Å². The van der Waals surface area contributed by atoms with Gasteiger partial charge in [0.1, 0.15) is 0 Å². The zero-order valence-electron chi connectivity index (χ0n) is 19.6. The molecule has 1 aliphatic heterocycles. The van der Waals surface area contributed by atoms with E-state index in [2.05, 4.69) is 32.1 Å². The third-order valence-electron chi connectivity index (χ3n) is 5.93. The van der Waals surface area contributed by atoms with Gasteiger partial charge in [0.15, 0.2) is 0 Å². The maximum Gasteiger partial charge on any atom is 0.247 e. The highest BCUT2D eigenvalue weighted by Crippen LogP contribution is 2.29. The number of aliphatic hydroxyl groups is 1. The molecular formula is C27H26N6O3. The Morgan fingerprint density at radius 3 is 2.83 bits per heavy atom. The Kier molecular flexibility index (Phi) is 6.83. The summed E-state index contributed by atoms with van der Waals surface area (Å²) in [6.45, 7) is 5.54. The van der Waals surface area contributed by atoms with E-state index >= 15 is 0 Å². The molecule has 0 bridgehead atoms. The van der Waals surface area contributed by atoms with Crippen molar-refractivity contribution in [2.24, 2.45) is 0 Å². The van der Waals surface area contributed by atoms with Crippen molar-refractivity contribution in [3.05, 3.63) is 79.6 Å². The average molecular weight is 483 g/mol. The van der Waals surface area contributed by atoms with Gasteiger partial charge in [-0.05, 0) is 42.5 Å². The molecule has 1 saturated heterocycles. The molecule has 9 heteroatoms. The van der Waals surface area contributed by atoms with Gasteiger partial charge in [0.05, 0.1) is 30.5 Å². The van der Waals surface area contributed by atoms with E-state index < -0.39 is 0 Å². The van der Waals surface area contributed by atoms with Crippen LogP contribution in [-0.2, 0) is 9.53 Å². The predicted octanol–water partition coefficient (Wildman–Crippen LogP) is 3.76. The van der Waals surface area contributed by atoms with Crippen LogP contribution >= 0.6 is 0 Å². The fourth-order valence-corrected chi connectivity index (χ4v) is 4.12. The van der Waals surface area contributed by atoms with Gasteiger partial charge >= 0.3 is 0 Å². The van der Waals surface area contributed by atoms with Gasteiger partial charge < -0.3 is 25.4 Å². The first-order chi connectivity index (χ1) is 17.6. The normalized spacial score (nSPS) is 15.5. The third kappa shape index (κ3) is 5.17. The molecule has 0 aliphatic carbocycles. The number of hydrogen-bond acceptors (Lipinski definition) is 8. The van der Waals surface area contributed by atoms with Gasteiger partial charge in [0.25, 0.3) is 0 Å². The highest BCUT2D eigenvalue weighted by Gasteiger charge is 2.20. The number of para-hydroxylation sites is 1. The molecule has 2 aromatic heterocycles. The Bertz CT molecular complexity index is 1390. The van der Waals surface area contributed by atoms with Gasteiger partial charge in [-0.2, -0.15) is 0 Å². The van der Waals surface area contributed by atoms with Crippen molar-refractivity contribution in [3.63, 3.8) is 0 Å². The summed E-state index contributed by atoms with van der Waals surface area (Å²) in [5, 5.41) is 16.3. The molecule has 36 heavy (non-hydrogen) atoms. The summed E-state index contributed by atoms with van der Waals surface area (Å²) in [7, 11) is 0. The van der Waals surface area contributed by atoms with Crippen molar-refractivity contribution in [2.75, 3.05) is 41.8 Å². The summed E-state index contributed by atoms with van der Waals surface area (Å²) in [4.78, 5) is 27.6. The fourth-order valence-electron chi connectivity index (χ4n) is 4.12. The zero-order valence-corrected chi connectivity index (χ0v) is 19.6. The smallest absolute Gasteiger partial charge is 0.247 e. The standard InChI is InChI=1S/C27H26N6O3/c1-2-25(35)30-20-10-11-28-24(14-20)23-5-3-4-18-15-29-27(32-26(18)23)31-19-6-8-21(9-7-19)33-12-13-36-22(16-33)17-34/h2-11,14-15,22,34H,1,12-13,16-17H2,(H,28,30,35)(H,29,31,32)/t22-/m1/s1. The Morgan fingerprint density at radius 2 is 2.03 bits per heavy atom. The molecule has 9 nitrogen and oxygen atoms in total. The predicted molar refractivity (Wildman–Crippen MR) is 140 cm³/mol. The number of morpholine rings is 1. The Labute approximate surface area is 208 Å². The summed E-state index contributed by atoms with van der Waals surface area (Å²) in [6, 6.07) is 17.4. The van der Waals surface area contributed by atoms with E-state index in [0.717, 1.165) is 34.4 Å². The monoisotopic (exact) mass is 482 g/mol. The van der Waals surface area contributed by atoms with E-state index in [1.807, 2.05) is 42.5 Å². The number of ether oxygens (including phenoxy) is 1. The minimum Gasteiger partial charge on any atom is -0.394 e. The highest BCUT2D eigenvalue weighted by atomic mass is 16.5. The third-order valence-corrected chi connectivity index (χ3v) is 5.93. The lowest BCUT2D eigenvalue weighted by Crippen LogP contribution is -2.44. The van der Waals surface area contributed by atoms with Crippen molar-refractivity contribution in [3.8, 4) is 11.3 Å². The first-order valence-electron chi connectivity index (χ1n) is 11.6. The molecule has 3 heterocycles. The van der Waals surface area contributed by atoms with Crippen LogP contribution in [0.25, 0.3) is 22.2 Å². The molecule has 1 aliphatic rings. The maximum atomic E-state index is 11.7. The number of nitrogens with one attached hydrogen (secondary N) is 2. The van der Waals surface area contributed by atoms with Crippen LogP contribution in [-0.4, -0.2) is 58.4 Å². The first-order valence-corrected chi connectivity index (χ1v) is 11.6. The molecular weight excluding hydrogens is 456 g/mol. The van der Waals surface area contributed by atoms with E-state index in [1.54, 1.807) is 24.5 Å². The molecule has 1 amide bonds. The lowest BCUT2D eigenvalue weighted by atomic mass is 10.1. The highest BCUT2D eigenvalue weighted by molar-refractivity contribution is 5.99. The van der Waals surface area contributed by atoms with Crippen LogP contribution in [0.4, 0.5) is 23.0 Å². The van der Waals surface area contributed by atoms with Crippen molar-refractivity contribution in [1.29, 1.82) is 0 Å². The Morgan fingerprint density at radius 1 is 1.17 bits per heavy atom. The van der Waals surface area contributed by atoms with Gasteiger partial charge in [0.2, 0.25) is 11.9 Å². The van der Waals surface area contributed by atoms with Crippen LogP contribution < -0.4 is 15.5 Å². The molecule has 4 aromatic rings. The maximum absolute atomic E-state index is 11.7. The number of aliphatic hydroxyl groups excluding tert-OH is 1. The minimum absolute atomic E-state index is 0.0146. The molecule has 0 spiro atoms. The van der Waals surface area contributed by atoms with E-state index in [9.17, 15) is 9.90 Å². The average Bonchev–Trinajstić information content (AvgIpc) is 2.93. The number of anilines is 4. The molecule has 2 aromatic carbocycles. The second-order valence-corrected chi connectivity index (χ2v) is 8.35. The first kappa shape index (κ1) is 23.4. The molecule has 1 atom stereocenters. The number of nitrogens with zero attached hydrogens (tertiary/aromatic N) is 4. The van der Waals surface area contributed by atoms with E-state index in [1.165, 1.54) is 6.08 Å². The van der Waals surface area contributed by atoms with E-state index in [4.69, 9.17) is 9.72 Å². The van der Waals surface area contributed by atoms with Crippen LogP contribution in [0, 0.1) is 0 Å². The number of amides is 1. The Balaban J connectivity index is 1.38. The fraction of sp³-hybridized carbons (Fsp3) is 0.185. The van der Waals surface area contributed by atoms with E-state index in [0.29, 0.717) is 30.5 Å². The van der Waals surface area contributed by atoms with Crippen LogP contribution in [0.3, 0.4) is 0 Å². The molecule has 0 saturated carbocycles. The number of rotatable bonds is 7. The van der Waals surface area contributed by atoms with Crippen molar-refractivity contribution >= 4 is 39.8 Å². The van der Waals surface area contributed by atoms with Gasteiger partial charge in [-0.1, -0.05) is 24.8 Å². The van der Waals surface area contributed by atoms with Gasteiger partial charge in [-0.25, -0.2) is 9.97 Å². The lowest BCUT2D eigenvalue weighted by molar-refractivity contribution is -0.111. The SMILES string of the molecule is C=CC(=O)Nc1ccnc(-c2cccc3cnc(Nc4ccc(N5CCO[C@@H](CO)C5)cc4)nc23)c1. The molecule has 1 fully saturated rings. The van der Waals surface area contributed by atoms with Crippen LogP contribution in [0.1, 0.15) is 0 Å². The largest absolute Gasteiger partial charge is 0.394 e. The molecule has 0 unspecified atom stereocenters. The quantitative estimate of drug-likeness (QED) is 0.342. The van der Waals surface area contributed by atoms with Gasteiger partial charge in [-0.3, -0.25) is 9.78 Å². The molecule has 5 rings (SSSR count). The van der Waals surface area contributed by atoms with Crippen molar-refractivity contribution in [1.82, 2.24) is 15.0 Å². The van der Waals surface area contributed by atoms with Gasteiger partial charge in [-0.15, -0.1) is 0 Å². The molecule has 3 N–H and O–H groups in total. The van der Waals surface area contributed by atoms with E-state index in [-0.39, 0.29) is 18.6 Å². The number of carbonyl (C=O) groups is 1. The number of carbonyl (C=O) groups excluding carboxylic acids is 1.